The zero-order chi connectivity index (χ0) is 20.4. The number of nitrogens with zero attached hydrogens (tertiary/aromatic N) is 3. The van der Waals surface area contributed by atoms with Crippen molar-refractivity contribution in [2.45, 2.75) is 25.4 Å². The number of rotatable bonds is 6. The van der Waals surface area contributed by atoms with E-state index in [0.717, 1.165) is 33.1 Å². The van der Waals surface area contributed by atoms with Crippen molar-refractivity contribution < 1.29 is 14.3 Å². The molecule has 0 aliphatic heterocycles. The van der Waals surface area contributed by atoms with Crippen molar-refractivity contribution in [3.05, 3.63) is 66.0 Å². The molecule has 3 heterocycles. The number of aryl methyl sites for hydroxylation is 1. The Labute approximate surface area is 171 Å². The number of thioether (sulfide) groups is 1. The largest absolute Gasteiger partial charge is 0.508 e. The predicted octanol–water partition coefficient (Wildman–Crippen LogP) is 4.13. The van der Waals surface area contributed by atoms with E-state index in [1.807, 2.05) is 26.0 Å². The summed E-state index contributed by atoms with van der Waals surface area (Å²) in [5.74, 6) is 0.987. The topological polar surface area (TPSA) is 93.2 Å². The van der Waals surface area contributed by atoms with E-state index in [1.165, 1.54) is 24.2 Å². The third-order valence-corrected chi connectivity index (χ3v) is 5.72. The van der Waals surface area contributed by atoms with E-state index < -0.39 is 0 Å². The normalized spacial score (nSPS) is 11.1. The van der Waals surface area contributed by atoms with Crippen LogP contribution in [0.5, 0.6) is 5.75 Å². The number of phenols is 1. The van der Waals surface area contributed by atoms with Gasteiger partial charge in [0.25, 0.3) is 0 Å². The molecule has 1 aromatic carbocycles. The van der Waals surface area contributed by atoms with Gasteiger partial charge in [-0.2, -0.15) is 0 Å². The summed E-state index contributed by atoms with van der Waals surface area (Å²) in [4.78, 5) is 21.2. The molecular formula is C21H20N4O3S. The van der Waals surface area contributed by atoms with Crippen LogP contribution < -0.4 is 5.32 Å². The van der Waals surface area contributed by atoms with Gasteiger partial charge in [-0.05, 0) is 43.7 Å². The SMILES string of the molecule is Cc1c(C)n(Cc2ccco2)c2ncnc(SCC(=O)Nc3cccc(O)c3)c12. The lowest BCUT2D eigenvalue weighted by molar-refractivity contribution is -0.113. The van der Waals surface area contributed by atoms with E-state index in [9.17, 15) is 9.90 Å². The Morgan fingerprint density at radius 3 is 2.86 bits per heavy atom. The van der Waals surface area contributed by atoms with Crippen molar-refractivity contribution in [1.82, 2.24) is 14.5 Å². The second-order valence-electron chi connectivity index (χ2n) is 6.64. The number of benzene rings is 1. The van der Waals surface area contributed by atoms with E-state index in [0.29, 0.717) is 12.2 Å². The number of hydrogen-bond donors (Lipinski definition) is 2. The molecule has 0 unspecified atom stereocenters. The average Bonchev–Trinajstić information content (AvgIpc) is 3.30. The number of phenolic OH excluding ortho intramolecular Hbond substituents is 1. The summed E-state index contributed by atoms with van der Waals surface area (Å²) in [6.07, 6.45) is 3.18. The van der Waals surface area contributed by atoms with Gasteiger partial charge in [0, 0.05) is 17.4 Å². The maximum Gasteiger partial charge on any atom is 0.234 e. The van der Waals surface area contributed by atoms with Crippen LogP contribution in [0, 0.1) is 13.8 Å². The van der Waals surface area contributed by atoms with E-state index >= 15 is 0 Å². The highest BCUT2D eigenvalue weighted by Crippen LogP contribution is 2.32. The number of carbonyl (C=O) groups excluding carboxylic acids is 1. The first-order chi connectivity index (χ1) is 14.0. The molecule has 2 N–H and O–H groups in total. The number of aromatic nitrogens is 3. The predicted molar refractivity (Wildman–Crippen MR) is 112 cm³/mol. The van der Waals surface area contributed by atoms with Gasteiger partial charge in [-0.1, -0.05) is 17.8 Å². The molecule has 29 heavy (non-hydrogen) atoms. The van der Waals surface area contributed by atoms with Gasteiger partial charge < -0.3 is 19.4 Å². The Morgan fingerprint density at radius 1 is 1.24 bits per heavy atom. The summed E-state index contributed by atoms with van der Waals surface area (Å²) in [5, 5.41) is 14.0. The fraction of sp³-hybridized carbons (Fsp3) is 0.190. The molecule has 0 radical (unpaired) electrons. The van der Waals surface area contributed by atoms with Crippen molar-refractivity contribution in [3.8, 4) is 5.75 Å². The first-order valence-electron chi connectivity index (χ1n) is 9.07. The first kappa shape index (κ1) is 19.1. The molecule has 0 spiro atoms. The summed E-state index contributed by atoms with van der Waals surface area (Å²) in [6, 6.07) is 10.3. The van der Waals surface area contributed by atoms with Crippen LogP contribution in [0.15, 0.2) is 58.4 Å². The summed E-state index contributed by atoms with van der Waals surface area (Å²) in [6.45, 7) is 4.67. The molecule has 7 nitrogen and oxygen atoms in total. The molecule has 0 saturated heterocycles. The maximum atomic E-state index is 12.3. The Balaban J connectivity index is 1.55. The molecule has 0 atom stereocenters. The molecule has 0 aliphatic rings. The van der Waals surface area contributed by atoms with Crippen LogP contribution in [0.25, 0.3) is 11.0 Å². The van der Waals surface area contributed by atoms with E-state index in [1.54, 1.807) is 24.5 Å². The van der Waals surface area contributed by atoms with Crippen molar-refractivity contribution in [2.24, 2.45) is 0 Å². The van der Waals surface area contributed by atoms with Gasteiger partial charge in [-0.25, -0.2) is 9.97 Å². The minimum Gasteiger partial charge on any atom is -0.508 e. The molecule has 0 saturated carbocycles. The zero-order valence-electron chi connectivity index (χ0n) is 16.0. The lowest BCUT2D eigenvalue weighted by Crippen LogP contribution is -2.14. The lowest BCUT2D eigenvalue weighted by Gasteiger charge is -2.07. The Hall–Kier alpha value is -3.26. The Bertz CT molecular complexity index is 1170. The molecule has 148 valence electrons. The first-order valence-corrected chi connectivity index (χ1v) is 10.1. The van der Waals surface area contributed by atoms with Crippen molar-refractivity contribution in [2.75, 3.05) is 11.1 Å². The second-order valence-corrected chi connectivity index (χ2v) is 7.60. The molecule has 0 bridgehead atoms. The van der Waals surface area contributed by atoms with Crippen molar-refractivity contribution in [1.29, 1.82) is 0 Å². The van der Waals surface area contributed by atoms with Crippen LogP contribution in [-0.4, -0.2) is 31.3 Å². The summed E-state index contributed by atoms with van der Waals surface area (Å²) < 4.78 is 7.58. The summed E-state index contributed by atoms with van der Waals surface area (Å²) >= 11 is 1.36. The number of nitrogens with one attached hydrogen (secondary N) is 1. The minimum absolute atomic E-state index is 0.108. The van der Waals surface area contributed by atoms with Gasteiger partial charge in [0.2, 0.25) is 5.91 Å². The smallest absolute Gasteiger partial charge is 0.234 e. The quantitative estimate of drug-likeness (QED) is 0.368. The molecular weight excluding hydrogens is 388 g/mol. The number of hydrogen-bond acceptors (Lipinski definition) is 6. The van der Waals surface area contributed by atoms with Gasteiger partial charge in [0.05, 0.1) is 23.9 Å². The fourth-order valence-electron chi connectivity index (χ4n) is 3.21. The van der Waals surface area contributed by atoms with Crippen molar-refractivity contribution >= 4 is 34.4 Å². The number of aromatic hydroxyl groups is 1. The summed E-state index contributed by atoms with van der Waals surface area (Å²) in [5.41, 5.74) is 3.55. The van der Waals surface area contributed by atoms with Gasteiger partial charge in [-0.3, -0.25) is 4.79 Å². The van der Waals surface area contributed by atoms with E-state index in [2.05, 4.69) is 19.9 Å². The molecule has 0 aliphatic carbocycles. The molecule has 4 aromatic rings. The van der Waals surface area contributed by atoms with E-state index in [-0.39, 0.29) is 17.4 Å². The molecule has 1 amide bonds. The second kappa shape index (κ2) is 8.00. The van der Waals surface area contributed by atoms with E-state index in [4.69, 9.17) is 4.42 Å². The maximum absolute atomic E-state index is 12.3. The number of anilines is 1. The fourth-order valence-corrected chi connectivity index (χ4v) is 4.06. The Kier molecular flexibility index (Phi) is 5.26. The number of carbonyl (C=O) groups is 1. The molecule has 3 aromatic heterocycles. The van der Waals surface area contributed by atoms with Crippen molar-refractivity contribution in [3.63, 3.8) is 0 Å². The third-order valence-electron chi connectivity index (χ3n) is 4.73. The standard InChI is InChI=1S/C21H20N4O3S/c1-13-14(2)25(10-17-7-4-8-28-17)20-19(13)21(23-12-22-20)29-11-18(27)24-15-5-3-6-16(26)9-15/h3-9,12,26H,10-11H2,1-2H3,(H,24,27). The number of amides is 1. The van der Waals surface area contributed by atoms with Crippen LogP contribution in [0.3, 0.4) is 0 Å². The highest BCUT2D eigenvalue weighted by atomic mass is 32.2. The number of fused-ring (bicyclic) bond motifs is 1. The highest BCUT2D eigenvalue weighted by molar-refractivity contribution is 8.00. The number of furan rings is 1. The highest BCUT2D eigenvalue weighted by Gasteiger charge is 2.18. The average molecular weight is 408 g/mol. The molecule has 8 heteroatoms. The van der Waals surface area contributed by atoms with Gasteiger partial charge in [0.1, 0.15) is 28.5 Å². The summed E-state index contributed by atoms with van der Waals surface area (Å²) in [7, 11) is 0. The van der Waals surface area contributed by atoms with Crippen LogP contribution in [-0.2, 0) is 11.3 Å². The van der Waals surface area contributed by atoms with Gasteiger partial charge >= 0.3 is 0 Å². The van der Waals surface area contributed by atoms with Crippen LogP contribution in [0.4, 0.5) is 5.69 Å². The van der Waals surface area contributed by atoms with Gasteiger partial charge in [0.15, 0.2) is 0 Å². The minimum atomic E-state index is -0.170. The molecule has 0 fully saturated rings. The zero-order valence-corrected chi connectivity index (χ0v) is 16.9. The van der Waals surface area contributed by atoms with Crippen LogP contribution >= 0.6 is 11.8 Å². The van der Waals surface area contributed by atoms with Crippen LogP contribution in [0.1, 0.15) is 17.0 Å². The van der Waals surface area contributed by atoms with Crippen LogP contribution in [0.2, 0.25) is 0 Å². The monoisotopic (exact) mass is 408 g/mol. The van der Waals surface area contributed by atoms with Gasteiger partial charge in [-0.15, -0.1) is 0 Å². The molecule has 4 rings (SSSR count). The third kappa shape index (κ3) is 3.97. The Morgan fingerprint density at radius 2 is 2.10 bits per heavy atom. The lowest BCUT2D eigenvalue weighted by atomic mass is 10.2.